The van der Waals surface area contributed by atoms with Crippen molar-refractivity contribution in [2.45, 2.75) is 26.7 Å². The van der Waals surface area contributed by atoms with E-state index in [9.17, 15) is 9.90 Å². The van der Waals surface area contributed by atoms with Crippen molar-refractivity contribution in [3.63, 3.8) is 0 Å². The van der Waals surface area contributed by atoms with Gasteiger partial charge in [-0.3, -0.25) is 4.79 Å². The average molecular weight is 388 g/mol. The summed E-state index contributed by atoms with van der Waals surface area (Å²) in [6.45, 7) is 5.70. The number of carbonyl (C=O) groups is 1. The first kappa shape index (κ1) is 18.4. The third kappa shape index (κ3) is 3.10. The fraction of sp³-hybridized carbons (Fsp3) is 0.167. The lowest BCUT2D eigenvalue weighted by Crippen LogP contribution is -2.12. The maximum atomic E-state index is 11.9. The molecule has 0 fully saturated rings. The largest absolute Gasteiger partial charge is 0.481 e. The SMILES string of the molecule is Cc1ccc(-c2c(C(C)C(=O)O)c(C)nc3scc(-c4ccccc4)c23)cc1. The number of aliphatic carboxylic acids is 1. The molecule has 0 aliphatic rings. The molecule has 1 unspecified atom stereocenters. The number of aryl methyl sites for hydroxylation is 2. The van der Waals surface area contributed by atoms with Gasteiger partial charge in [0.25, 0.3) is 0 Å². The fourth-order valence-corrected chi connectivity index (χ4v) is 4.71. The summed E-state index contributed by atoms with van der Waals surface area (Å²) in [6.07, 6.45) is 0. The van der Waals surface area contributed by atoms with Gasteiger partial charge in [-0.2, -0.15) is 0 Å². The smallest absolute Gasteiger partial charge is 0.310 e. The normalized spacial score (nSPS) is 12.2. The first-order chi connectivity index (χ1) is 13.5. The molecule has 0 amide bonds. The van der Waals surface area contributed by atoms with Crippen LogP contribution in [0.25, 0.3) is 32.5 Å². The minimum Gasteiger partial charge on any atom is -0.481 e. The van der Waals surface area contributed by atoms with Gasteiger partial charge in [-0.05, 0) is 43.0 Å². The second-order valence-electron chi connectivity index (χ2n) is 7.11. The Kier molecular flexibility index (Phi) is 4.73. The second-order valence-corrected chi connectivity index (χ2v) is 7.97. The Labute approximate surface area is 168 Å². The zero-order valence-corrected chi connectivity index (χ0v) is 16.9. The van der Waals surface area contributed by atoms with Gasteiger partial charge in [-0.1, -0.05) is 60.2 Å². The topological polar surface area (TPSA) is 50.2 Å². The lowest BCUT2D eigenvalue weighted by molar-refractivity contribution is -0.138. The van der Waals surface area contributed by atoms with Crippen LogP contribution in [0.4, 0.5) is 0 Å². The van der Waals surface area contributed by atoms with Gasteiger partial charge >= 0.3 is 5.97 Å². The van der Waals surface area contributed by atoms with Crippen LogP contribution in [0.3, 0.4) is 0 Å². The van der Waals surface area contributed by atoms with Gasteiger partial charge < -0.3 is 5.11 Å². The van der Waals surface area contributed by atoms with E-state index in [0.29, 0.717) is 0 Å². The summed E-state index contributed by atoms with van der Waals surface area (Å²) in [5, 5.41) is 12.9. The van der Waals surface area contributed by atoms with Crippen molar-refractivity contribution in [2.75, 3.05) is 0 Å². The van der Waals surface area contributed by atoms with Crippen LogP contribution in [-0.2, 0) is 4.79 Å². The van der Waals surface area contributed by atoms with Gasteiger partial charge in [0.15, 0.2) is 0 Å². The van der Waals surface area contributed by atoms with Gasteiger partial charge in [-0.15, -0.1) is 11.3 Å². The lowest BCUT2D eigenvalue weighted by atomic mass is 9.87. The molecule has 0 spiro atoms. The Balaban J connectivity index is 2.13. The number of hydrogen-bond donors (Lipinski definition) is 1. The van der Waals surface area contributed by atoms with Crippen molar-refractivity contribution in [1.29, 1.82) is 0 Å². The standard InChI is InChI=1S/C24H21NO2S/c1-14-9-11-18(12-10-14)21-20(15(2)24(26)27)16(3)25-23-22(21)19(13-28-23)17-7-5-4-6-8-17/h4-13,15H,1-3H3,(H,26,27). The number of benzene rings is 2. The lowest BCUT2D eigenvalue weighted by Gasteiger charge is -2.18. The quantitative estimate of drug-likeness (QED) is 0.439. The Morgan fingerprint density at radius 3 is 2.32 bits per heavy atom. The van der Waals surface area contributed by atoms with Crippen LogP contribution < -0.4 is 0 Å². The van der Waals surface area contributed by atoms with Gasteiger partial charge in [0.05, 0.1) is 5.92 Å². The molecule has 0 saturated heterocycles. The molecule has 2 heterocycles. The van der Waals surface area contributed by atoms with Gasteiger partial charge in [0.1, 0.15) is 4.83 Å². The number of rotatable bonds is 4. The van der Waals surface area contributed by atoms with E-state index < -0.39 is 11.9 Å². The monoisotopic (exact) mass is 387 g/mol. The van der Waals surface area contributed by atoms with Crippen molar-refractivity contribution in [3.05, 3.63) is 76.8 Å². The number of aromatic nitrogens is 1. The van der Waals surface area contributed by atoms with Crippen LogP contribution in [0.15, 0.2) is 60.0 Å². The second kappa shape index (κ2) is 7.21. The van der Waals surface area contributed by atoms with Crippen molar-refractivity contribution in [3.8, 4) is 22.3 Å². The maximum Gasteiger partial charge on any atom is 0.310 e. The van der Waals surface area contributed by atoms with Crippen molar-refractivity contribution in [1.82, 2.24) is 4.98 Å². The molecule has 0 saturated carbocycles. The molecule has 3 nitrogen and oxygen atoms in total. The number of nitrogens with zero attached hydrogens (tertiary/aromatic N) is 1. The summed E-state index contributed by atoms with van der Waals surface area (Å²) in [5.41, 5.74) is 6.97. The van der Waals surface area contributed by atoms with Crippen LogP contribution in [0.5, 0.6) is 0 Å². The molecule has 0 aliphatic heterocycles. The molecule has 2 aromatic carbocycles. The molecular weight excluding hydrogens is 366 g/mol. The molecule has 4 aromatic rings. The fourth-order valence-electron chi connectivity index (χ4n) is 3.70. The van der Waals surface area contributed by atoms with Crippen molar-refractivity contribution < 1.29 is 9.90 Å². The van der Waals surface area contributed by atoms with E-state index in [1.54, 1.807) is 18.3 Å². The number of thiophene rings is 1. The number of hydrogen-bond acceptors (Lipinski definition) is 3. The van der Waals surface area contributed by atoms with Crippen LogP contribution >= 0.6 is 11.3 Å². The Morgan fingerprint density at radius 2 is 1.68 bits per heavy atom. The zero-order valence-electron chi connectivity index (χ0n) is 16.1. The van der Waals surface area contributed by atoms with Gasteiger partial charge in [0, 0.05) is 22.0 Å². The third-order valence-corrected chi connectivity index (χ3v) is 6.05. The minimum absolute atomic E-state index is 0.642. The van der Waals surface area contributed by atoms with Crippen molar-refractivity contribution >= 4 is 27.5 Å². The maximum absolute atomic E-state index is 11.9. The van der Waals surface area contributed by atoms with Crippen LogP contribution in [0, 0.1) is 13.8 Å². The molecule has 1 atom stereocenters. The molecule has 4 heteroatoms. The molecule has 0 aliphatic carbocycles. The zero-order chi connectivity index (χ0) is 19.8. The molecule has 0 bridgehead atoms. The van der Waals surface area contributed by atoms with E-state index >= 15 is 0 Å². The first-order valence-corrected chi connectivity index (χ1v) is 10.1. The highest BCUT2D eigenvalue weighted by Crippen LogP contribution is 2.44. The highest BCUT2D eigenvalue weighted by Gasteiger charge is 2.26. The molecule has 28 heavy (non-hydrogen) atoms. The molecule has 4 rings (SSSR count). The number of carboxylic acid groups (broad SMARTS) is 1. The highest BCUT2D eigenvalue weighted by molar-refractivity contribution is 7.17. The Morgan fingerprint density at radius 1 is 1.00 bits per heavy atom. The summed E-state index contributed by atoms with van der Waals surface area (Å²) in [6, 6.07) is 18.5. The summed E-state index contributed by atoms with van der Waals surface area (Å²) in [4.78, 5) is 17.6. The number of pyridine rings is 1. The summed E-state index contributed by atoms with van der Waals surface area (Å²) in [7, 11) is 0. The van der Waals surface area contributed by atoms with E-state index in [0.717, 1.165) is 43.7 Å². The van der Waals surface area contributed by atoms with Gasteiger partial charge in [0.2, 0.25) is 0 Å². The van der Waals surface area contributed by atoms with Crippen LogP contribution in [-0.4, -0.2) is 16.1 Å². The predicted octanol–water partition coefficient (Wildman–Crippen LogP) is 6.44. The molecule has 0 radical (unpaired) electrons. The number of carboxylic acids is 1. The van der Waals surface area contributed by atoms with E-state index in [1.165, 1.54) is 5.56 Å². The summed E-state index contributed by atoms with van der Waals surface area (Å²) >= 11 is 1.61. The van der Waals surface area contributed by atoms with E-state index in [-0.39, 0.29) is 0 Å². The average Bonchev–Trinajstić information content (AvgIpc) is 3.11. The van der Waals surface area contributed by atoms with Gasteiger partial charge in [-0.25, -0.2) is 4.98 Å². The summed E-state index contributed by atoms with van der Waals surface area (Å²) < 4.78 is 0. The molecular formula is C24H21NO2S. The van der Waals surface area contributed by atoms with E-state index in [1.807, 2.05) is 25.1 Å². The third-order valence-electron chi connectivity index (χ3n) is 5.18. The number of fused-ring (bicyclic) bond motifs is 1. The Hall–Kier alpha value is -2.98. The first-order valence-electron chi connectivity index (χ1n) is 9.24. The van der Waals surface area contributed by atoms with E-state index in [2.05, 4.69) is 48.7 Å². The predicted molar refractivity (Wildman–Crippen MR) is 116 cm³/mol. The van der Waals surface area contributed by atoms with Crippen molar-refractivity contribution in [2.24, 2.45) is 0 Å². The molecule has 1 N–H and O–H groups in total. The van der Waals surface area contributed by atoms with Crippen LogP contribution in [0.2, 0.25) is 0 Å². The molecule has 2 aromatic heterocycles. The summed E-state index contributed by atoms with van der Waals surface area (Å²) in [5.74, 6) is -1.48. The van der Waals surface area contributed by atoms with Crippen LogP contribution in [0.1, 0.15) is 29.7 Å². The molecule has 140 valence electrons. The highest BCUT2D eigenvalue weighted by atomic mass is 32.1. The minimum atomic E-state index is -0.839. The van der Waals surface area contributed by atoms with E-state index in [4.69, 9.17) is 4.98 Å². The Bertz CT molecular complexity index is 1160.